The highest BCUT2D eigenvalue weighted by Crippen LogP contribution is 2.32. The lowest BCUT2D eigenvalue weighted by molar-refractivity contribution is 0.407. The van der Waals surface area contributed by atoms with E-state index in [1.54, 1.807) is 13.4 Å². The van der Waals surface area contributed by atoms with Crippen LogP contribution < -0.4 is 10.1 Å². The monoisotopic (exact) mass is 414 g/mol. The van der Waals surface area contributed by atoms with Crippen molar-refractivity contribution in [2.45, 2.75) is 32.2 Å². The Labute approximate surface area is 181 Å². The van der Waals surface area contributed by atoms with Crippen molar-refractivity contribution in [3.8, 4) is 17.0 Å². The highest BCUT2D eigenvalue weighted by atomic mass is 16.5. The molecular formula is C24H26N6O. The lowest BCUT2D eigenvalue weighted by Gasteiger charge is -2.16. The Bertz CT molecular complexity index is 1200. The average molecular weight is 415 g/mol. The van der Waals surface area contributed by atoms with Gasteiger partial charge in [-0.05, 0) is 36.5 Å². The van der Waals surface area contributed by atoms with Gasteiger partial charge in [-0.25, -0.2) is 19.6 Å². The molecule has 1 atom stereocenters. The van der Waals surface area contributed by atoms with Crippen LogP contribution in [-0.4, -0.2) is 38.4 Å². The summed E-state index contributed by atoms with van der Waals surface area (Å²) in [4.78, 5) is 13.5. The number of nitrogens with zero attached hydrogens (tertiary/aromatic N) is 5. The number of pyridine rings is 1. The number of methoxy groups -OCH3 is 1. The Morgan fingerprint density at radius 2 is 2.00 bits per heavy atom. The van der Waals surface area contributed by atoms with Crippen molar-refractivity contribution >= 4 is 16.9 Å². The fraction of sp³-hybridized carbons (Fsp3) is 0.333. The minimum Gasteiger partial charge on any atom is -0.496 e. The van der Waals surface area contributed by atoms with E-state index in [-0.39, 0.29) is 5.92 Å². The summed E-state index contributed by atoms with van der Waals surface area (Å²) < 4.78 is 7.51. The number of nitrogens with one attached hydrogen (secondary N) is 1. The fourth-order valence-corrected chi connectivity index (χ4v) is 3.84. The van der Waals surface area contributed by atoms with E-state index in [1.807, 2.05) is 41.3 Å². The molecule has 1 aliphatic carbocycles. The van der Waals surface area contributed by atoms with Gasteiger partial charge in [-0.3, -0.25) is 0 Å². The third-order valence-corrected chi connectivity index (χ3v) is 5.83. The van der Waals surface area contributed by atoms with Crippen molar-refractivity contribution in [3.63, 3.8) is 0 Å². The zero-order chi connectivity index (χ0) is 21.2. The van der Waals surface area contributed by atoms with Gasteiger partial charge < -0.3 is 10.1 Å². The molecule has 3 aromatic heterocycles. The summed E-state index contributed by atoms with van der Waals surface area (Å²) in [6.45, 7) is 3.87. The third-order valence-electron chi connectivity index (χ3n) is 5.83. The maximum Gasteiger partial charge on any atom is 0.157 e. The Kier molecular flexibility index (Phi) is 5.24. The first-order valence-electron chi connectivity index (χ1n) is 10.7. The average Bonchev–Trinajstić information content (AvgIpc) is 3.55. The second kappa shape index (κ2) is 8.34. The lowest BCUT2D eigenvalue weighted by atomic mass is 10.00. The number of hydrogen-bond donors (Lipinski definition) is 1. The fourth-order valence-electron chi connectivity index (χ4n) is 3.84. The molecule has 1 saturated carbocycles. The van der Waals surface area contributed by atoms with Crippen LogP contribution in [0.15, 0.2) is 55.1 Å². The Morgan fingerprint density at radius 1 is 1.13 bits per heavy atom. The first kappa shape index (κ1) is 19.5. The van der Waals surface area contributed by atoms with Gasteiger partial charge in [0.2, 0.25) is 0 Å². The quantitative estimate of drug-likeness (QED) is 0.457. The van der Waals surface area contributed by atoms with Gasteiger partial charge >= 0.3 is 0 Å². The van der Waals surface area contributed by atoms with Crippen LogP contribution in [0.25, 0.3) is 22.3 Å². The van der Waals surface area contributed by atoms with Gasteiger partial charge in [0.15, 0.2) is 5.65 Å². The topological polar surface area (TPSA) is 77.8 Å². The van der Waals surface area contributed by atoms with Crippen LogP contribution in [0.3, 0.4) is 0 Å². The van der Waals surface area contributed by atoms with Crippen LogP contribution in [0.4, 0.5) is 5.82 Å². The molecule has 1 N–H and O–H groups in total. The molecule has 7 nitrogen and oxygen atoms in total. The van der Waals surface area contributed by atoms with Gasteiger partial charge in [0, 0.05) is 42.2 Å². The number of para-hydroxylation sites is 1. The number of fused-ring (bicyclic) bond motifs is 1. The summed E-state index contributed by atoms with van der Waals surface area (Å²) in [7, 11) is 1.70. The molecule has 0 aliphatic heterocycles. The van der Waals surface area contributed by atoms with Crippen molar-refractivity contribution in [1.82, 2.24) is 24.7 Å². The van der Waals surface area contributed by atoms with E-state index in [9.17, 15) is 0 Å². The molecule has 1 fully saturated rings. The molecule has 158 valence electrons. The summed E-state index contributed by atoms with van der Waals surface area (Å²) in [6.07, 6.45) is 7.95. The minimum absolute atomic E-state index is 0.268. The van der Waals surface area contributed by atoms with E-state index in [4.69, 9.17) is 4.74 Å². The second-order valence-electron chi connectivity index (χ2n) is 8.22. The maximum absolute atomic E-state index is 5.49. The molecule has 0 radical (unpaired) electrons. The lowest BCUT2D eigenvalue weighted by Crippen LogP contribution is -2.12. The Morgan fingerprint density at radius 3 is 2.84 bits per heavy atom. The van der Waals surface area contributed by atoms with Crippen LogP contribution in [-0.2, 0) is 6.54 Å². The molecule has 0 unspecified atom stereocenters. The van der Waals surface area contributed by atoms with Gasteiger partial charge in [-0.1, -0.05) is 25.1 Å². The molecule has 3 heterocycles. The van der Waals surface area contributed by atoms with Gasteiger partial charge in [0.1, 0.15) is 17.9 Å². The summed E-state index contributed by atoms with van der Waals surface area (Å²) in [5.41, 5.74) is 3.91. The maximum atomic E-state index is 5.49. The summed E-state index contributed by atoms with van der Waals surface area (Å²) >= 11 is 0. The summed E-state index contributed by atoms with van der Waals surface area (Å²) in [5.74, 6) is 2.72. The van der Waals surface area contributed by atoms with Gasteiger partial charge in [0.25, 0.3) is 0 Å². The molecule has 1 aliphatic rings. The molecular weight excluding hydrogens is 388 g/mol. The van der Waals surface area contributed by atoms with Crippen LogP contribution in [0.1, 0.15) is 31.2 Å². The summed E-state index contributed by atoms with van der Waals surface area (Å²) in [5, 5.41) is 8.99. The Hall–Kier alpha value is -3.48. The number of hydrogen-bond acceptors (Lipinski definition) is 6. The van der Waals surface area contributed by atoms with E-state index in [2.05, 4.69) is 44.4 Å². The van der Waals surface area contributed by atoms with Crippen molar-refractivity contribution in [2.75, 3.05) is 19.0 Å². The van der Waals surface area contributed by atoms with Gasteiger partial charge in [-0.2, -0.15) is 5.10 Å². The molecule has 5 rings (SSSR count). The molecule has 1 aromatic carbocycles. The van der Waals surface area contributed by atoms with Crippen LogP contribution in [0.5, 0.6) is 5.75 Å². The normalized spacial score (nSPS) is 14.5. The second-order valence-corrected chi connectivity index (χ2v) is 8.22. The first-order valence-corrected chi connectivity index (χ1v) is 10.7. The molecule has 0 spiro atoms. The zero-order valence-corrected chi connectivity index (χ0v) is 17.8. The van der Waals surface area contributed by atoms with E-state index in [0.717, 1.165) is 52.9 Å². The van der Waals surface area contributed by atoms with Crippen LogP contribution >= 0.6 is 0 Å². The predicted molar refractivity (Wildman–Crippen MR) is 121 cm³/mol. The number of rotatable bonds is 8. The van der Waals surface area contributed by atoms with E-state index in [0.29, 0.717) is 0 Å². The Balaban J connectivity index is 1.31. The van der Waals surface area contributed by atoms with Crippen molar-refractivity contribution < 1.29 is 4.74 Å². The predicted octanol–water partition coefficient (Wildman–Crippen LogP) is 4.52. The van der Waals surface area contributed by atoms with E-state index in [1.165, 1.54) is 18.4 Å². The number of benzene rings is 1. The minimum atomic E-state index is 0.268. The van der Waals surface area contributed by atoms with E-state index >= 15 is 0 Å². The van der Waals surface area contributed by atoms with Crippen molar-refractivity contribution in [2.24, 2.45) is 5.92 Å². The van der Waals surface area contributed by atoms with Crippen LogP contribution in [0.2, 0.25) is 0 Å². The van der Waals surface area contributed by atoms with Gasteiger partial charge in [0.05, 0.1) is 19.0 Å². The van der Waals surface area contributed by atoms with E-state index < -0.39 is 0 Å². The third kappa shape index (κ3) is 4.21. The molecule has 4 aromatic rings. The SMILES string of the molecule is COc1ccccc1[C@H](C)CNc1cc(-c2cnc3c(cnn3CC3CC3)c2)ncn1. The first-order chi connectivity index (χ1) is 15.2. The number of aromatic nitrogens is 5. The number of ether oxygens (including phenoxy) is 1. The standard InChI is InChI=1S/C24H26N6O/c1-16(20-5-3-4-6-22(20)31-2)11-25-23-10-21(27-15-28-23)18-9-19-13-29-30(14-17-7-8-17)24(19)26-12-18/h3-6,9-10,12-13,15-17H,7-8,11,14H2,1-2H3,(H,25,27,28)/t16-/m1/s1. The number of anilines is 1. The molecule has 7 heteroatoms. The zero-order valence-electron chi connectivity index (χ0n) is 17.8. The van der Waals surface area contributed by atoms with Crippen molar-refractivity contribution in [3.05, 3.63) is 60.7 Å². The molecule has 0 saturated heterocycles. The highest BCUT2D eigenvalue weighted by molar-refractivity contribution is 5.80. The highest BCUT2D eigenvalue weighted by Gasteiger charge is 2.23. The smallest absolute Gasteiger partial charge is 0.157 e. The molecule has 0 amide bonds. The molecule has 31 heavy (non-hydrogen) atoms. The summed E-state index contributed by atoms with van der Waals surface area (Å²) in [6, 6.07) is 12.2. The van der Waals surface area contributed by atoms with Crippen LogP contribution in [0, 0.1) is 5.92 Å². The largest absolute Gasteiger partial charge is 0.496 e. The van der Waals surface area contributed by atoms with Crippen molar-refractivity contribution in [1.29, 1.82) is 0 Å². The van der Waals surface area contributed by atoms with Gasteiger partial charge in [-0.15, -0.1) is 0 Å². The molecule has 0 bridgehead atoms.